The number of amides is 2. The standard InChI is InChI=1S/C20H30N4O2/c1-12-4-3-5-16-13(2)19(24-18(12)16)20(26)23-15-8-6-14(7-9-15)22-17(25)10-11-21/h3-5,13-15,19,24H,6-11,21H2,1-2H3,(H,22,25)(H,23,26). The number of fused-ring (bicyclic) bond motifs is 1. The van der Waals surface area contributed by atoms with Crippen molar-refractivity contribution in [2.45, 2.75) is 70.0 Å². The zero-order chi connectivity index (χ0) is 18.7. The minimum Gasteiger partial charge on any atom is -0.373 e. The van der Waals surface area contributed by atoms with Crippen LogP contribution in [0.2, 0.25) is 0 Å². The Labute approximate surface area is 155 Å². The number of nitrogens with two attached hydrogens (primary N) is 1. The Balaban J connectivity index is 1.50. The van der Waals surface area contributed by atoms with Crippen LogP contribution in [0.15, 0.2) is 18.2 Å². The Morgan fingerprint density at radius 3 is 2.42 bits per heavy atom. The number of benzene rings is 1. The first-order valence-corrected chi connectivity index (χ1v) is 9.65. The Hall–Kier alpha value is -2.08. The molecular formula is C20H30N4O2. The van der Waals surface area contributed by atoms with Crippen LogP contribution in [0, 0.1) is 6.92 Å². The van der Waals surface area contributed by atoms with E-state index < -0.39 is 0 Å². The molecule has 1 fully saturated rings. The van der Waals surface area contributed by atoms with E-state index >= 15 is 0 Å². The van der Waals surface area contributed by atoms with Crippen LogP contribution in [-0.4, -0.2) is 36.5 Å². The van der Waals surface area contributed by atoms with E-state index in [1.54, 1.807) is 0 Å². The Kier molecular flexibility index (Phi) is 5.81. The van der Waals surface area contributed by atoms with E-state index in [-0.39, 0.29) is 35.9 Å². The summed E-state index contributed by atoms with van der Waals surface area (Å²) in [6, 6.07) is 6.39. The molecule has 1 aliphatic heterocycles. The van der Waals surface area contributed by atoms with Gasteiger partial charge in [0.05, 0.1) is 0 Å². The van der Waals surface area contributed by atoms with Crippen molar-refractivity contribution in [1.82, 2.24) is 10.6 Å². The van der Waals surface area contributed by atoms with Gasteiger partial charge in [-0.25, -0.2) is 0 Å². The molecule has 5 N–H and O–H groups in total. The summed E-state index contributed by atoms with van der Waals surface area (Å²) in [4.78, 5) is 24.4. The summed E-state index contributed by atoms with van der Waals surface area (Å²) in [6.45, 7) is 4.55. The largest absolute Gasteiger partial charge is 0.373 e. The fourth-order valence-electron chi connectivity index (χ4n) is 4.12. The fraction of sp³-hybridized carbons (Fsp3) is 0.600. The molecule has 0 bridgehead atoms. The number of para-hydroxylation sites is 1. The van der Waals surface area contributed by atoms with Gasteiger partial charge in [-0.2, -0.15) is 0 Å². The number of nitrogens with one attached hydrogen (secondary N) is 3. The van der Waals surface area contributed by atoms with Crippen LogP contribution in [0.3, 0.4) is 0 Å². The van der Waals surface area contributed by atoms with Gasteiger partial charge in [0.15, 0.2) is 0 Å². The van der Waals surface area contributed by atoms with E-state index in [2.05, 4.69) is 41.9 Å². The molecule has 0 radical (unpaired) electrons. The van der Waals surface area contributed by atoms with E-state index in [1.807, 2.05) is 6.07 Å². The highest BCUT2D eigenvalue weighted by atomic mass is 16.2. The average molecular weight is 358 g/mol. The minimum absolute atomic E-state index is 0.0251. The third-order valence-corrected chi connectivity index (χ3v) is 5.69. The quantitative estimate of drug-likeness (QED) is 0.645. The van der Waals surface area contributed by atoms with Crippen molar-refractivity contribution in [2.24, 2.45) is 5.73 Å². The summed E-state index contributed by atoms with van der Waals surface area (Å²) in [5.74, 6) is 0.262. The number of carbonyl (C=O) groups excluding carboxylic acids is 2. The van der Waals surface area contributed by atoms with E-state index in [4.69, 9.17) is 5.73 Å². The lowest BCUT2D eigenvalue weighted by Gasteiger charge is -2.30. The summed E-state index contributed by atoms with van der Waals surface area (Å²) in [7, 11) is 0. The molecule has 1 aromatic carbocycles. The van der Waals surface area contributed by atoms with Crippen molar-refractivity contribution in [1.29, 1.82) is 0 Å². The molecule has 0 spiro atoms. The summed E-state index contributed by atoms with van der Waals surface area (Å²) < 4.78 is 0. The second-order valence-electron chi connectivity index (χ2n) is 7.61. The number of anilines is 1. The lowest BCUT2D eigenvalue weighted by molar-refractivity contribution is -0.124. The van der Waals surface area contributed by atoms with Gasteiger partial charge in [-0.3, -0.25) is 9.59 Å². The predicted molar refractivity (Wildman–Crippen MR) is 103 cm³/mol. The second-order valence-corrected chi connectivity index (χ2v) is 7.61. The minimum atomic E-state index is -0.215. The Morgan fingerprint density at radius 2 is 1.81 bits per heavy atom. The topological polar surface area (TPSA) is 96.2 Å². The second kappa shape index (κ2) is 8.08. The van der Waals surface area contributed by atoms with Crippen LogP contribution in [0.25, 0.3) is 0 Å². The highest BCUT2D eigenvalue weighted by Crippen LogP contribution is 2.37. The van der Waals surface area contributed by atoms with Crippen LogP contribution in [0.1, 0.15) is 56.1 Å². The number of carbonyl (C=O) groups is 2. The average Bonchev–Trinajstić information content (AvgIpc) is 2.95. The molecule has 2 aliphatic rings. The van der Waals surface area contributed by atoms with E-state index in [9.17, 15) is 9.59 Å². The van der Waals surface area contributed by atoms with Crippen molar-refractivity contribution in [3.63, 3.8) is 0 Å². The molecule has 1 aromatic rings. The first-order valence-electron chi connectivity index (χ1n) is 9.65. The van der Waals surface area contributed by atoms with Crippen LogP contribution < -0.4 is 21.7 Å². The molecule has 2 amide bonds. The molecule has 3 rings (SSSR count). The van der Waals surface area contributed by atoms with Gasteiger partial charge in [0.25, 0.3) is 0 Å². The van der Waals surface area contributed by atoms with Crippen molar-refractivity contribution >= 4 is 17.5 Å². The highest BCUT2D eigenvalue weighted by Gasteiger charge is 2.35. The molecule has 6 nitrogen and oxygen atoms in total. The summed E-state index contributed by atoms with van der Waals surface area (Å²) in [5.41, 5.74) is 8.91. The van der Waals surface area contributed by atoms with Gasteiger partial charge in [0.1, 0.15) is 6.04 Å². The van der Waals surface area contributed by atoms with Crippen LogP contribution >= 0.6 is 0 Å². The number of rotatable bonds is 5. The lowest BCUT2D eigenvalue weighted by atomic mass is 9.90. The van der Waals surface area contributed by atoms with Crippen molar-refractivity contribution < 1.29 is 9.59 Å². The Morgan fingerprint density at radius 1 is 1.15 bits per heavy atom. The van der Waals surface area contributed by atoms with E-state index in [0.29, 0.717) is 13.0 Å². The molecule has 26 heavy (non-hydrogen) atoms. The molecule has 2 unspecified atom stereocenters. The molecule has 1 aliphatic carbocycles. The van der Waals surface area contributed by atoms with Crippen LogP contribution in [0.5, 0.6) is 0 Å². The predicted octanol–water partition coefficient (Wildman–Crippen LogP) is 1.79. The third kappa shape index (κ3) is 4.01. The first-order chi connectivity index (χ1) is 12.5. The monoisotopic (exact) mass is 358 g/mol. The zero-order valence-electron chi connectivity index (χ0n) is 15.7. The van der Waals surface area contributed by atoms with Gasteiger partial charge in [0.2, 0.25) is 11.8 Å². The molecular weight excluding hydrogens is 328 g/mol. The fourth-order valence-corrected chi connectivity index (χ4v) is 4.12. The van der Waals surface area contributed by atoms with Crippen LogP contribution in [-0.2, 0) is 9.59 Å². The maximum atomic E-state index is 12.8. The molecule has 1 saturated carbocycles. The van der Waals surface area contributed by atoms with Gasteiger partial charge >= 0.3 is 0 Å². The van der Waals surface area contributed by atoms with Crippen LogP contribution in [0.4, 0.5) is 5.69 Å². The molecule has 0 aromatic heterocycles. The van der Waals surface area contributed by atoms with Crippen molar-refractivity contribution in [2.75, 3.05) is 11.9 Å². The number of hydrogen-bond acceptors (Lipinski definition) is 4. The summed E-state index contributed by atoms with van der Waals surface area (Å²) in [6.07, 6.45) is 3.96. The molecule has 2 atom stereocenters. The van der Waals surface area contributed by atoms with E-state index in [1.165, 1.54) is 11.1 Å². The third-order valence-electron chi connectivity index (χ3n) is 5.69. The Bertz CT molecular complexity index is 668. The van der Waals surface area contributed by atoms with Gasteiger partial charge < -0.3 is 21.7 Å². The SMILES string of the molecule is Cc1cccc2c1NC(C(=O)NC1CCC(NC(=O)CCN)CC1)C2C. The van der Waals surface area contributed by atoms with Gasteiger partial charge in [-0.05, 0) is 43.7 Å². The van der Waals surface area contributed by atoms with Crippen molar-refractivity contribution in [3.05, 3.63) is 29.3 Å². The maximum Gasteiger partial charge on any atom is 0.243 e. The van der Waals surface area contributed by atoms with Gasteiger partial charge in [0, 0.05) is 36.7 Å². The van der Waals surface area contributed by atoms with Gasteiger partial charge in [-0.1, -0.05) is 25.1 Å². The summed E-state index contributed by atoms with van der Waals surface area (Å²) in [5, 5.41) is 9.65. The lowest BCUT2D eigenvalue weighted by Crippen LogP contribution is -2.48. The highest BCUT2D eigenvalue weighted by molar-refractivity contribution is 5.89. The zero-order valence-corrected chi connectivity index (χ0v) is 15.7. The maximum absolute atomic E-state index is 12.8. The normalized spacial score (nSPS) is 27.3. The molecule has 6 heteroatoms. The molecule has 0 saturated heterocycles. The van der Waals surface area contributed by atoms with E-state index in [0.717, 1.165) is 31.4 Å². The summed E-state index contributed by atoms with van der Waals surface area (Å²) >= 11 is 0. The number of aryl methyl sites for hydroxylation is 1. The van der Waals surface area contributed by atoms with Gasteiger partial charge in [-0.15, -0.1) is 0 Å². The van der Waals surface area contributed by atoms with Crippen molar-refractivity contribution in [3.8, 4) is 0 Å². The molecule has 142 valence electrons. The smallest absolute Gasteiger partial charge is 0.243 e. The number of hydrogen-bond donors (Lipinski definition) is 4. The molecule has 1 heterocycles. The first kappa shape index (κ1) is 18.7.